The maximum Gasteiger partial charge on any atom is 0.310 e. The average molecular weight is 1010 g/mol. The van der Waals surface area contributed by atoms with Crippen LogP contribution in [0.15, 0.2) is 17.3 Å². The molecule has 0 saturated carbocycles. The first-order valence-electron chi connectivity index (χ1n) is 23.0. The fourth-order valence-corrected chi connectivity index (χ4v) is 9.40. The first kappa shape index (κ1) is 57.1. The number of H-pyrrole nitrogens is 3. The normalized spacial score (nSPS) is 14.1. The minimum Gasteiger partial charge on any atom is -0.469 e. The first-order valence-corrected chi connectivity index (χ1v) is 23.0. The molecule has 0 aliphatic carbocycles. The van der Waals surface area contributed by atoms with Crippen LogP contribution in [-0.2, 0) is 139 Å². The molecule has 0 aromatic carbocycles. The topological polar surface area (TPSA) is 295 Å². The van der Waals surface area contributed by atoms with Gasteiger partial charge in [0.2, 0.25) is 5.91 Å². The van der Waals surface area contributed by atoms with Crippen molar-refractivity contribution >= 4 is 59.9 Å². The predicted octanol–water partition coefficient (Wildman–Crippen LogP) is 2.74. The summed E-state index contributed by atoms with van der Waals surface area (Å²) < 4.78 is 40.2. The highest BCUT2D eigenvalue weighted by atomic mass is 16.5. The molecule has 1 aliphatic rings. The number of carbonyl (C=O) groups excluding carboxylic acids is 10. The summed E-state index contributed by atoms with van der Waals surface area (Å²) in [4.78, 5) is 142. The van der Waals surface area contributed by atoms with Crippen LogP contribution in [0.25, 0.3) is 0 Å². The van der Waals surface area contributed by atoms with Crippen LogP contribution in [0.3, 0.4) is 0 Å². The Morgan fingerprint density at radius 2 is 0.944 bits per heavy atom. The van der Waals surface area contributed by atoms with Crippen molar-refractivity contribution in [2.45, 2.75) is 109 Å². The highest BCUT2D eigenvalue weighted by Crippen LogP contribution is 2.45. The number of nitrogens with one attached hydrogen (secondary N) is 3. The molecule has 22 heteroatoms. The maximum absolute atomic E-state index is 14.3. The molecule has 0 saturated heterocycles. The van der Waals surface area contributed by atoms with Crippen LogP contribution in [0.4, 0.5) is 0 Å². The number of hydrogen-bond donors (Lipinski definition) is 3. The number of aldehydes is 1. The number of methoxy groups -OCH3 is 8. The van der Waals surface area contributed by atoms with Gasteiger partial charge in [-0.05, 0) is 70.2 Å². The van der Waals surface area contributed by atoms with Crippen LogP contribution in [0.1, 0.15) is 112 Å². The average Bonchev–Trinajstić information content (AvgIpc) is 4.09. The van der Waals surface area contributed by atoms with Gasteiger partial charge in [0.15, 0.2) is 6.29 Å². The molecule has 0 radical (unpaired) electrons. The Balaban J connectivity index is 2.16. The summed E-state index contributed by atoms with van der Waals surface area (Å²) >= 11 is 0. The van der Waals surface area contributed by atoms with Crippen LogP contribution in [-0.4, -0.2) is 149 Å². The fourth-order valence-electron chi connectivity index (χ4n) is 9.40. The molecule has 1 aliphatic heterocycles. The van der Waals surface area contributed by atoms with Crippen molar-refractivity contribution < 1.29 is 85.8 Å². The van der Waals surface area contributed by atoms with Crippen molar-refractivity contribution in [3.05, 3.63) is 79.2 Å². The van der Waals surface area contributed by atoms with E-state index in [1.165, 1.54) is 63.8 Å². The van der Waals surface area contributed by atoms with E-state index in [1.807, 2.05) is 0 Å². The fraction of sp³-hybridized carbons (Fsp3) is 0.520. The molecule has 1 amide bonds. The lowest BCUT2D eigenvalue weighted by Gasteiger charge is -2.41. The van der Waals surface area contributed by atoms with E-state index in [4.69, 9.17) is 37.9 Å². The van der Waals surface area contributed by atoms with Gasteiger partial charge in [-0.2, -0.15) is 0 Å². The number of aromatic nitrogens is 3. The minimum absolute atomic E-state index is 0.0149. The molecule has 0 spiro atoms. The molecule has 0 bridgehead atoms. The number of ether oxygens (including phenoxy) is 8. The van der Waals surface area contributed by atoms with E-state index in [9.17, 15) is 47.9 Å². The molecule has 392 valence electrons. The van der Waals surface area contributed by atoms with Gasteiger partial charge in [0.1, 0.15) is 0 Å². The summed E-state index contributed by atoms with van der Waals surface area (Å²) in [6, 6.07) is 0. The lowest BCUT2D eigenvalue weighted by atomic mass is 9.76. The zero-order valence-electron chi connectivity index (χ0n) is 42.3. The Morgan fingerprint density at radius 3 is 1.44 bits per heavy atom. The second kappa shape index (κ2) is 26.6. The third kappa shape index (κ3) is 14.1. The Labute approximate surface area is 416 Å². The Hall–Kier alpha value is -7.52. The van der Waals surface area contributed by atoms with E-state index in [-0.39, 0.29) is 109 Å². The highest BCUT2D eigenvalue weighted by Gasteiger charge is 2.50. The molecule has 22 nitrogen and oxygen atoms in total. The number of nitrogens with zero attached hydrogens (tertiary/aromatic N) is 1. The van der Waals surface area contributed by atoms with Gasteiger partial charge in [0, 0.05) is 87.4 Å². The Kier molecular flexibility index (Phi) is 21.1. The van der Waals surface area contributed by atoms with Crippen LogP contribution in [0.5, 0.6) is 0 Å². The molecule has 0 fully saturated rings. The summed E-state index contributed by atoms with van der Waals surface area (Å²) in [6.07, 6.45) is 0.130. The minimum atomic E-state index is -1.56. The Bertz CT molecular complexity index is 2560. The Morgan fingerprint density at radius 1 is 0.514 bits per heavy atom. The largest absolute Gasteiger partial charge is 0.469 e. The summed E-state index contributed by atoms with van der Waals surface area (Å²) in [5.74, 6) is -5.28. The summed E-state index contributed by atoms with van der Waals surface area (Å²) in [5.41, 5.74) is 3.62. The van der Waals surface area contributed by atoms with Crippen LogP contribution in [0.2, 0.25) is 0 Å². The lowest BCUT2D eigenvalue weighted by Crippen LogP contribution is -2.53. The van der Waals surface area contributed by atoms with Crippen molar-refractivity contribution in [1.29, 1.82) is 0 Å². The molecule has 3 N–H and O–H groups in total. The van der Waals surface area contributed by atoms with Gasteiger partial charge >= 0.3 is 47.8 Å². The van der Waals surface area contributed by atoms with E-state index in [0.29, 0.717) is 73.6 Å². The first-order chi connectivity index (χ1) is 34.4. The van der Waals surface area contributed by atoms with E-state index < -0.39 is 59.2 Å². The molecule has 1 unspecified atom stereocenters. The molecule has 4 heterocycles. The van der Waals surface area contributed by atoms with E-state index >= 15 is 0 Å². The van der Waals surface area contributed by atoms with Crippen molar-refractivity contribution in [3.8, 4) is 0 Å². The molecule has 3 aromatic heterocycles. The SMILES string of the molecule is COC(=O)CCC1=C(CC(=O)OC)C(Cc2[nH]cc(CC(=O)OC)c2CCC(=O)OC)(Cc2[nH]c(Cc3[nH]c(C=O)c(CCC(=O)OC)c3CC(=O)OC)c(CCC(=O)OC)c2CC(=O)OC)N(C(C)=O)C1. The second-order valence-corrected chi connectivity index (χ2v) is 17.0. The summed E-state index contributed by atoms with van der Waals surface area (Å²) in [5, 5.41) is 0. The van der Waals surface area contributed by atoms with Gasteiger partial charge in [-0.1, -0.05) is 0 Å². The van der Waals surface area contributed by atoms with Crippen molar-refractivity contribution in [2.75, 3.05) is 63.4 Å². The number of esters is 8. The molecule has 72 heavy (non-hydrogen) atoms. The summed E-state index contributed by atoms with van der Waals surface area (Å²) in [6.45, 7) is 1.28. The maximum atomic E-state index is 14.3. The third-order valence-electron chi connectivity index (χ3n) is 13.0. The summed E-state index contributed by atoms with van der Waals surface area (Å²) in [7, 11) is 9.76. The number of rotatable bonds is 27. The zero-order valence-corrected chi connectivity index (χ0v) is 42.3. The van der Waals surface area contributed by atoms with E-state index in [1.54, 1.807) is 11.1 Å². The smallest absolute Gasteiger partial charge is 0.310 e. The van der Waals surface area contributed by atoms with E-state index in [0.717, 1.165) is 0 Å². The van der Waals surface area contributed by atoms with Gasteiger partial charge in [-0.25, -0.2) is 0 Å². The van der Waals surface area contributed by atoms with Crippen LogP contribution >= 0.6 is 0 Å². The monoisotopic (exact) mass is 1010 g/mol. The van der Waals surface area contributed by atoms with Crippen LogP contribution in [0, 0.1) is 0 Å². The number of amides is 1. The molecular formula is C50H64N4O18. The van der Waals surface area contributed by atoms with Crippen molar-refractivity contribution in [3.63, 3.8) is 0 Å². The second-order valence-electron chi connectivity index (χ2n) is 17.0. The standard InChI is InChI=1S/C50H64N4O18/c1-28(56)54-26-29(10-14-42(57)65-2)36(21-49(64)72-9)50(54,23-39-31(11-15-43(58)66-3)30(25-51-39)18-46(61)69-6)24-40-35(20-48(63)71-8)32(12-16-44(59)67-4)37(52-40)22-38-34(19-47(62)70-7)33(41(27-55)53-38)13-17-45(60)68-5/h25,27,51-53H,10-24,26H2,1-9H3. The molecule has 3 aromatic rings. The zero-order chi connectivity index (χ0) is 53.3. The predicted molar refractivity (Wildman–Crippen MR) is 251 cm³/mol. The van der Waals surface area contributed by atoms with Gasteiger partial charge < -0.3 is 57.7 Å². The lowest BCUT2D eigenvalue weighted by molar-refractivity contribution is -0.141. The number of aromatic amines is 3. The van der Waals surface area contributed by atoms with Crippen molar-refractivity contribution in [1.82, 2.24) is 19.9 Å². The third-order valence-corrected chi connectivity index (χ3v) is 13.0. The van der Waals surface area contributed by atoms with Crippen molar-refractivity contribution in [2.24, 2.45) is 0 Å². The van der Waals surface area contributed by atoms with Gasteiger partial charge in [-0.3, -0.25) is 47.9 Å². The number of carbonyl (C=O) groups is 10. The van der Waals surface area contributed by atoms with Gasteiger partial charge in [0.05, 0.1) is 93.8 Å². The number of hydrogen-bond acceptors (Lipinski definition) is 18. The quantitative estimate of drug-likeness (QED) is 0.0428. The van der Waals surface area contributed by atoms with E-state index in [2.05, 4.69) is 15.0 Å². The van der Waals surface area contributed by atoms with Gasteiger partial charge in [0.25, 0.3) is 0 Å². The van der Waals surface area contributed by atoms with Gasteiger partial charge in [-0.15, -0.1) is 0 Å². The van der Waals surface area contributed by atoms with Crippen LogP contribution < -0.4 is 0 Å². The molecule has 4 rings (SSSR count). The molecular weight excluding hydrogens is 945 g/mol. The highest BCUT2D eigenvalue weighted by molar-refractivity contribution is 5.82. The molecule has 1 atom stereocenters.